The van der Waals surface area contributed by atoms with Crippen molar-refractivity contribution in [3.8, 4) is 0 Å². The molecule has 24 heavy (non-hydrogen) atoms. The highest BCUT2D eigenvalue weighted by atomic mass is 16.2. The van der Waals surface area contributed by atoms with Crippen molar-refractivity contribution in [2.24, 2.45) is 5.92 Å². The van der Waals surface area contributed by atoms with E-state index in [0.717, 1.165) is 32.6 Å². The van der Waals surface area contributed by atoms with Crippen molar-refractivity contribution in [1.29, 1.82) is 0 Å². The Morgan fingerprint density at radius 3 is 2.96 bits per heavy atom. The largest absolute Gasteiger partial charge is 0.354 e. The molecule has 1 atom stereocenters. The minimum Gasteiger partial charge on any atom is -0.354 e. The van der Waals surface area contributed by atoms with Crippen LogP contribution in [0.1, 0.15) is 18.4 Å². The monoisotopic (exact) mass is 327 g/mol. The topological polar surface area (TPSA) is 63.1 Å². The zero-order valence-corrected chi connectivity index (χ0v) is 14.0. The van der Waals surface area contributed by atoms with Gasteiger partial charge in [-0.25, -0.2) is 4.68 Å². The second kappa shape index (κ2) is 8.59. The fourth-order valence-corrected chi connectivity index (χ4v) is 3.23. The molecule has 1 aromatic carbocycles. The first-order chi connectivity index (χ1) is 11.8. The molecule has 128 valence electrons. The van der Waals surface area contributed by atoms with Crippen molar-refractivity contribution in [1.82, 2.24) is 25.2 Å². The quantitative estimate of drug-likeness (QED) is 0.834. The minimum absolute atomic E-state index is 0.00177. The fraction of sp³-hybridized carbons (Fsp3) is 0.500. The number of hydrogen-bond donors (Lipinski definition) is 1. The third-order valence-corrected chi connectivity index (χ3v) is 4.53. The molecule has 1 N–H and O–H groups in total. The van der Waals surface area contributed by atoms with E-state index in [1.54, 1.807) is 17.1 Å². The molecular formula is C18H25N5O. The lowest BCUT2D eigenvalue weighted by atomic mass is 9.97. The predicted octanol–water partition coefficient (Wildman–Crippen LogP) is 1.35. The van der Waals surface area contributed by atoms with E-state index in [-0.39, 0.29) is 12.5 Å². The molecule has 1 amide bonds. The Morgan fingerprint density at radius 1 is 1.29 bits per heavy atom. The van der Waals surface area contributed by atoms with Gasteiger partial charge in [-0.1, -0.05) is 35.5 Å². The van der Waals surface area contributed by atoms with Gasteiger partial charge in [0.05, 0.1) is 6.20 Å². The summed E-state index contributed by atoms with van der Waals surface area (Å²) in [6, 6.07) is 10.6. The summed E-state index contributed by atoms with van der Waals surface area (Å²) in [5.74, 6) is 0.538. The molecular weight excluding hydrogens is 302 g/mol. The van der Waals surface area contributed by atoms with Gasteiger partial charge in [-0.2, -0.15) is 0 Å². The van der Waals surface area contributed by atoms with E-state index in [1.165, 1.54) is 18.4 Å². The van der Waals surface area contributed by atoms with Gasteiger partial charge in [0.1, 0.15) is 6.54 Å². The number of nitrogens with zero attached hydrogens (tertiary/aromatic N) is 4. The van der Waals surface area contributed by atoms with Crippen molar-refractivity contribution in [3.05, 3.63) is 48.3 Å². The second-order valence-corrected chi connectivity index (χ2v) is 6.45. The average Bonchev–Trinajstić information content (AvgIpc) is 3.12. The smallest absolute Gasteiger partial charge is 0.241 e. The fourth-order valence-electron chi connectivity index (χ4n) is 3.23. The first-order valence-corrected chi connectivity index (χ1v) is 8.66. The molecule has 0 unspecified atom stereocenters. The van der Waals surface area contributed by atoms with E-state index in [2.05, 4.69) is 50.9 Å². The Labute approximate surface area is 142 Å². The maximum atomic E-state index is 11.9. The van der Waals surface area contributed by atoms with Crippen molar-refractivity contribution in [2.45, 2.75) is 25.8 Å². The van der Waals surface area contributed by atoms with Crippen molar-refractivity contribution < 1.29 is 4.79 Å². The number of rotatable bonds is 7. The number of aromatic nitrogens is 3. The highest BCUT2D eigenvalue weighted by Gasteiger charge is 2.20. The third kappa shape index (κ3) is 5.16. The Bertz CT molecular complexity index is 614. The standard InChI is InChI=1S/C18H25N5O/c24-18(15-23-12-9-20-21-23)19-13-17-7-4-10-22(14-17)11-8-16-5-2-1-3-6-16/h1-3,5-6,9,12,17H,4,7-8,10-11,13-15H2,(H,19,24)/t17-/m1/s1. The molecule has 1 fully saturated rings. The molecule has 3 rings (SSSR count). The van der Waals surface area contributed by atoms with Crippen molar-refractivity contribution in [2.75, 3.05) is 26.2 Å². The lowest BCUT2D eigenvalue weighted by Gasteiger charge is -2.32. The van der Waals surface area contributed by atoms with E-state index in [9.17, 15) is 4.79 Å². The minimum atomic E-state index is 0.00177. The average molecular weight is 327 g/mol. The van der Waals surface area contributed by atoms with E-state index < -0.39 is 0 Å². The molecule has 1 aliphatic heterocycles. The lowest BCUT2D eigenvalue weighted by Crippen LogP contribution is -2.42. The van der Waals surface area contributed by atoms with Crippen LogP contribution in [0.5, 0.6) is 0 Å². The summed E-state index contributed by atoms with van der Waals surface area (Å²) in [5, 5.41) is 10.6. The molecule has 1 aromatic heterocycles. The van der Waals surface area contributed by atoms with Gasteiger partial charge in [-0.05, 0) is 37.3 Å². The van der Waals surface area contributed by atoms with E-state index in [0.29, 0.717) is 5.92 Å². The Hall–Kier alpha value is -2.21. The summed E-state index contributed by atoms with van der Waals surface area (Å²) in [6.45, 7) is 4.31. The van der Waals surface area contributed by atoms with Gasteiger partial charge in [0.2, 0.25) is 5.91 Å². The van der Waals surface area contributed by atoms with Crippen LogP contribution in [-0.2, 0) is 17.8 Å². The highest BCUT2D eigenvalue weighted by Crippen LogP contribution is 2.16. The summed E-state index contributed by atoms with van der Waals surface area (Å²) < 4.78 is 1.54. The van der Waals surface area contributed by atoms with Gasteiger partial charge in [0.15, 0.2) is 0 Å². The van der Waals surface area contributed by atoms with Crippen LogP contribution < -0.4 is 5.32 Å². The van der Waals surface area contributed by atoms with Crippen LogP contribution in [0.3, 0.4) is 0 Å². The number of carbonyl (C=O) groups excluding carboxylic acids is 1. The molecule has 0 spiro atoms. The first-order valence-electron chi connectivity index (χ1n) is 8.66. The Balaban J connectivity index is 1.38. The number of nitrogens with one attached hydrogen (secondary N) is 1. The molecule has 6 heteroatoms. The van der Waals surface area contributed by atoms with Gasteiger partial charge in [0, 0.05) is 25.8 Å². The normalized spacial score (nSPS) is 18.4. The zero-order valence-electron chi connectivity index (χ0n) is 14.0. The van der Waals surface area contributed by atoms with Crippen LogP contribution in [0.25, 0.3) is 0 Å². The number of hydrogen-bond acceptors (Lipinski definition) is 4. The van der Waals surface area contributed by atoms with E-state index in [1.807, 2.05) is 0 Å². The van der Waals surface area contributed by atoms with Crippen molar-refractivity contribution >= 4 is 5.91 Å². The van der Waals surface area contributed by atoms with Crippen LogP contribution in [0, 0.1) is 5.92 Å². The molecule has 1 aliphatic rings. The number of piperidine rings is 1. The van der Waals surface area contributed by atoms with Crippen LogP contribution in [0.4, 0.5) is 0 Å². The molecule has 2 heterocycles. The number of carbonyl (C=O) groups is 1. The summed E-state index contributed by atoms with van der Waals surface area (Å²) in [4.78, 5) is 14.5. The zero-order chi connectivity index (χ0) is 16.6. The second-order valence-electron chi connectivity index (χ2n) is 6.45. The lowest BCUT2D eigenvalue weighted by molar-refractivity contribution is -0.122. The maximum Gasteiger partial charge on any atom is 0.241 e. The summed E-state index contributed by atoms with van der Waals surface area (Å²) in [7, 11) is 0. The summed E-state index contributed by atoms with van der Waals surface area (Å²) in [6.07, 6.45) is 6.76. The molecule has 2 aromatic rings. The van der Waals surface area contributed by atoms with Crippen LogP contribution in [0.15, 0.2) is 42.7 Å². The SMILES string of the molecule is O=C(Cn1ccnn1)NC[C@H]1CCCN(CCc2ccccc2)C1. The van der Waals surface area contributed by atoms with E-state index in [4.69, 9.17) is 0 Å². The molecule has 6 nitrogen and oxygen atoms in total. The van der Waals surface area contributed by atoms with Gasteiger partial charge in [-0.3, -0.25) is 4.79 Å². The Morgan fingerprint density at radius 2 is 2.17 bits per heavy atom. The summed E-state index contributed by atoms with van der Waals surface area (Å²) >= 11 is 0. The van der Waals surface area contributed by atoms with Gasteiger partial charge in [0.25, 0.3) is 0 Å². The van der Waals surface area contributed by atoms with Gasteiger partial charge < -0.3 is 10.2 Å². The van der Waals surface area contributed by atoms with Gasteiger partial charge in [-0.15, -0.1) is 5.10 Å². The maximum absolute atomic E-state index is 11.9. The first kappa shape index (κ1) is 16.6. The number of likely N-dealkylation sites (tertiary alicyclic amines) is 1. The molecule has 0 radical (unpaired) electrons. The summed E-state index contributed by atoms with van der Waals surface area (Å²) in [5.41, 5.74) is 1.39. The number of amides is 1. The van der Waals surface area contributed by atoms with Crippen LogP contribution in [0.2, 0.25) is 0 Å². The molecule has 1 saturated heterocycles. The van der Waals surface area contributed by atoms with Crippen LogP contribution in [-0.4, -0.2) is 52.0 Å². The van der Waals surface area contributed by atoms with Crippen LogP contribution >= 0.6 is 0 Å². The predicted molar refractivity (Wildman–Crippen MR) is 92.3 cm³/mol. The molecule has 0 aliphatic carbocycles. The third-order valence-electron chi connectivity index (χ3n) is 4.53. The molecule has 0 saturated carbocycles. The highest BCUT2D eigenvalue weighted by molar-refractivity contribution is 5.75. The molecule has 0 bridgehead atoms. The van der Waals surface area contributed by atoms with E-state index >= 15 is 0 Å². The number of benzene rings is 1. The Kier molecular flexibility index (Phi) is 5.96. The van der Waals surface area contributed by atoms with Crippen molar-refractivity contribution in [3.63, 3.8) is 0 Å². The van der Waals surface area contributed by atoms with Gasteiger partial charge >= 0.3 is 0 Å².